The molecular weight excluding hydrogens is 338 g/mol. The monoisotopic (exact) mass is 355 g/mol. The van der Waals surface area contributed by atoms with Gasteiger partial charge in [0.1, 0.15) is 5.69 Å². The second kappa shape index (κ2) is 6.45. The normalized spacial score (nSPS) is 16.6. The highest BCUT2D eigenvalue weighted by Crippen LogP contribution is 2.33. The lowest BCUT2D eigenvalue weighted by Crippen LogP contribution is -2.10. The average Bonchev–Trinajstić information content (AvgIpc) is 3.22. The van der Waals surface area contributed by atoms with Gasteiger partial charge in [0.05, 0.1) is 10.6 Å². The molecule has 122 valence electrons. The van der Waals surface area contributed by atoms with Gasteiger partial charge in [0, 0.05) is 16.5 Å². The SMILES string of the molecule is CC1CCc2sc(C(=O)Nc3nc(-c4ccccn4)cs3)cc2C1. The maximum Gasteiger partial charge on any atom is 0.267 e. The standard InChI is InChI=1S/C18H17N3OS2/c1-11-5-6-15-12(8-11)9-16(24-15)17(22)21-18-20-14(10-23-18)13-4-2-3-7-19-13/h2-4,7,9-11H,5-6,8H2,1H3,(H,20,21,22). The Kier molecular flexibility index (Phi) is 4.16. The van der Waals surface area contributed by atoms with Gasteiger partial charge < -0.3 is 0 Å². The van der Waals surface area contributed by atoms with Crippen LogP contribution in [-0.4, -0.2) is 15.9 Å². The molecule has 3 heterocycles. The Bertz CT molecular complexity index is 870. The van der Waals surface area contributed by atoms with Gasteiger partial charge in [0.25, 0.3) is 5.91 Å². The molecule has 0 fully saturated rings. The summed E-state index contributed by atoms with van der Waals surface area (Å²) in [5.41, 5.74) is 2.95. The van der Waals surface area contributed by atoms with Crippen molar-refractivity contribution in [2.24, 2.45) is 5.92 Å². The van der Waals surface area contributed by atoms with Crippen molar-refractivity contribution < 1.29 is 4.79 Å². The van der Waals surface area contributed by atoms with Crippen molar-refractivity contribution >= 4 is 33.7 Å². The molecule has 0 spiro atoms. The van der Waals surface area contributed by atoms with E-state index in [4.69, 9.17) is 0 Å². The fourth-order valence-electron chi connectivity index (χ4n) is 2.94. The summed E-state index contributed by atoms with van der Waals surface area (Å²) in [4.78, 5) is 23.4. The van der Waals surface area contributed by atoms with Crippen molar-refractivity contribution in [3.63, 3.8) is 0 Å². The number of hydrogen-bond donors (Lipinski definition) is 1. The quantitative estimate of drug-likeness (QED) is 0.744. The van der Waals surface area contributed by atoms with E-state index in [1.807, 2.05) is 23.6 Å². The molecule has 4 nitrogen and oxygen atoms in total. The van der Waals surface area contributed by atoms with Crippen LogP contribution in [-0.2, 0) is 12.8 Å². The Morgan fingerprint density at radius 3 is 3.08 bits per heavy atom. The lowest BCUT2D eigenvalue weighted by molar-refractivity contribution is 0.103. The van der Waals surface area contributed by atoms with Gasteiger partial charge in [-0.1, -0.05) is 13.0 Å². The highest BCUT2D eigenvalue weighted by Gasteiger charge is 2.21. The summed E-state index contributed by atoms with van der Waals surface area (Å²) in [5, 5.41) is 5.45. The zero-order chi connectivity index (χ0) is 16.5. The minimum Gasteiger partial charge on any atom is -0.297 e. The van der Waals surface area contributed by atoms with Crippen LogP contribution in [0.15, 0.2) is 35.8 Å². The van der Waals surface area contributed by atoms with Gasteiger partial charge in [0.15, 0.2) is 5.13 Å². The molecule has 24 heavy (non-hydrogen) atoms. The van der Waals surface area contributed by atoms with Gasteiger partial charge in [-0.05, 0) is 48.9 Å². The summed E-state index contributed by atoms with van der Waals surface area (Å²) in [6.45, 7) is 2.27. The second-order valence-electron chi connectivity index (χ2n) is 6.11. The van der Waals surface area contributed by atoms with E-state index in [1.54, 1.807) is 17.5 Å². The minimum absolute atomic E-state index is 0.0658. The molecule has 0 bridgehead atoms. The number of nitrogens with zero attached hydrogens (tertiary/aromatic N) is 2. The highest BCUT2D eigenvalue weighted by atomic mass is 32.1. The van der Waals surface area contributed by atoms with Crippen molar-refractivity contribution in [3.05, 3.63) is 51.2 Å². The van der Waals surface area contributed by atoms with Crippen molar-refractivity contribution in [2.45, 2.75) is 26.2 Å². The topological polar surface area (TPSA) is 54.9 Å². The number of hydrogen-bond acceptors (Lipinski definition) is 5. The smallest absolute Gasteiger partial charge is 0.267 e. The van der Waals surface area contributed by atoms with Crippen LogP contribution in [0.2, 0.25) is 0 Å². The van der Waals surface area contributed by atoms with Gasteiger partial charge >= 0.3 is 0 Å². The number of thiophene rings is 1. The number of anilines is 1. The van der Waals surface area contributed by atoms with Crippen LogP contribution in [0, 0.1) is 5.92 Å². The number of aromatic nitrogens is 2. The van der Waals surface area contributed by atoms with Crippen LogP contribution >= 0.6 is 22.7 Å². The third-order valence-electron chi connectivity index (χ3n) is 4.20. The summed E-state index contributed by atoms with van der Waals surface area (Å²) < 4.78 is 0. The lowest BCUT2D eigenvalue weighted by Gasteiger charge is -2.16. The van der Waals surface area contributed by atoms with Gasteiger partial charge in [-0.25, -0.2) is 4.98 Å². The molecule has 1 aliphatic carbocycles. The van der Waals surface area contributed by atoms with E-state index in [1.165, 1.54) is 28.2 Å². The Morgan fingerprint density at radius 2 is 2.25 bits per heavy atom. The van der Waals surface area contributed by atoms with E-state index in [9.17, 15) is 4.79 Å². The fraction of sp³-hybridized carbons (Fsp3) is 0.278. The van der Waals surface area contributed by atoms with Crippen LogP contribution in [0.1, 0.15) is 33.5 Å². The van der Waals surface area contributed by atoms with Crippen LogP contribution in [0.4, 0.5) is 5.13 Å². The first-order valence-electron chi connectivity index (χ1n) is 7.99. The van der Waals surface area contributed by atoms with Crippen LogP contribution in [0.5, 0.6) is 0 Å². The Balaban J connectivity index is 1.50. The van der Waals surface area contributed by atoms with Crippen molar-refractivity contribution in [3.8, 4) is 11.4 Å². The van der Waals surface area contributed by atoms with Crippen LogP contribution in [0.25, 0.3) is 11.4 Å². The number of thiazole rings is 1. The van der Waals surface area contributed by atoms with Crippen LogP contribution in [0.3, 0.4) is 0 Å². The second-order valence-corrected chi connectivity index (χ2v) is 8.11. The van der Waals surface area contributed by atoms with Gasteiger partial charge in [-0.2, -0.15) is 0 Å². The van der Waals surface area contributed by atoms with Crippen LogP contribution < -0.4 is 5.32 Å². The summed E-state index contributed by atoms with van der Waals surface area (Å²) in [7, 11) is 0. The van der Waals surface area contributed by atoms with E-state index in [2.05, 4.69) is 28.3 Å². The number of amides is 1. The molecule has 6 heteroatoms. The average molecular weight is 355 g/mol. The molecule has 0 aliphatic heterocycles. The third-order valence-corrected chi connectivity index (χ3v) is 6.20. The first-order valence-corrected chi connectivity index (χ1v) is 9.68. The van der Waals surface area contributed by atoms with E-state index in [0.717, 1.165) is 29.1 Å². The van der Waals surface area contributed by atoms with Gasteiger partial charge in [-0.15, -0.1) is 22.7 Å². The molecular formula is C18H17N3OS2. The van der Waals surface area contributed by atoms with Crippen molar-refractivity contribution in [1.29, 1.82) is 0 Å². The minimum atomic E-state index is -0.0658. The number of rotatable bonds is 3. The third kappa shape index (κ3) is 3.12. The van der Waals surface area contributed by atoms with E-state index >= 15 is 0 Å². The molecule has 4 rings (SSSR count). The maximum atomic E-state index is 12.5. The predicted molar refractivity (Wildman–Crippen MR) is 98.8 cm³/mol. The van der Waals surface area contributed by atoms with E-state index in [-0.39, 0.29) is 5.91 Å². The largest absolute Gasteiger partial charge is 0.297 e. The molecule has 1 unspecified atom stereocenters. The lowest BCUT2D eigenvalue weighted by atomic mass is 9.90. The summed E-state index contributed by atoms with van der Waals surface area (Å²) in [6.07, 6.45) is 5.13. The summed E-state index contributed by atoms with van der Waals surface area (Å²) in [5.74, 6) is 0.645. The molecule has 0 aromatic carbocycles. The molecule has 1 aliphatic rings. The fourth-order valence-corrected chi connectivity index (χ4v) is 4.74. The zero-order valence-corrected chi connectivity index (χ0v) is 14.9. The number of aryl methyl sites for hydroxylation is 1. The molecule has 1 N–H and O–H groups in total. The molecule has 0 saturated carbocycles. The predicted octanol–water partition coefficient (Wildman–Crippen LogP) is 4.64. The molecule has 3 aromatic heterocycles. The number of carbonyl (C=O) groups excluding carboxylic acids is 1. The van der Waals surface area contributed by atoms with E-state index in [0.29, 0.717) is 11.0 Å². The Morgan fingerprint density at radius 1 is 1.33 bits per heavy atom. The molecule has 3 aromatic rings. The number of pyridine rings is 1. The molecule has 0 radical (unpaired) electrons. The summed E-state index contributed by atoms with van der Waals surface area (Å²) in [6, 6.07) is 7.77. The maximum absolute atomic E-state index is 12.5. The Hall–Kier alpha value is -2.05. The van der Waals surface area contributed by atoms with Crippen molar-refractivity contribution in [1.82, 2.24) is 9.97 Å². The molecule has 0 saturated heterocycles. The molecule has 1 atom stereocenters. The zero-order valence-electron chi connectivity index (χ0n) is 13.3. The Labute approximate surface area is 148 Å². The highest BCUT2D eigenvalue weighted by molar-refractivity contribution is 7.15. The van der Waals surface area contributed by atoms with E-state index < -0.39 is 0 Å². The first-order chi connectivity index (χ1) is 11.7. The number of fused-ring (bicyclic) bond motifs is 1. The van der Waals surface area contributed by atoms with Gasteiger partial charge in [-0.3, -0.25) is 15.1 Å². The number of carbonyl (C=O) groups is 1. The number of nitrogens with one attached hydrogen (secondary N) is 1. The first kappa shape index (κ1) is 15.5. The van der Waals surface area contributed by atoms with Gasteiger partial charge in [0.2, 0.25) is 0 Å². The summed E-state index contributed by atoms with van der Waals surface area (Å²) >= 11 is 3.04. The van der Waals surface area contributed by atoms with Crippen molar-refractivity contribution in [2.75, 3.05) is 5.32 Å². The molecule has 1 amide bonds.